The Hall–Kier alpha value is -3.63. The summed E-state index contributed by atoms with van der Waals surface area (Å²) in [6, 6.07) is 2.51. The Morgan fingerprint density at radius 1 is 1.29 bits per heavy atom. The van der Waals surface area contributed by atoms with Crippen molar-refractivity contribution in [3.05, 3.63) is 45.1 Å². The smallest absolute Gasteiger partial charge is 0.340 e. The van der Waals surface area contributed by atoms with Crippen LogP contribution in [-0.2, 0) is 14.3 Å². The average Bonchev–Trinajstić information content (AvgIpc) is 2.65. The molecule has 0 bridgehead atoms. The number of carbonyl (C=O) groups excluding carboxylic acids is 3. The molecule has 0 aliphatic carbocycles. The van der Waals surface area contributed by atoms with Gasteiger partial charge in [0.05, 0.1) is 34.4 Å². The van der Waals surface area contributed by atoms with Crippen LogP contribution in [0.1, 0.15) is 24.2 Å². The summed E-state index contributed by atoms with van der Waals surface area (Å²) in [5.41, 5.74) is 0.212. The van der Waals surface area contributed by atoms with E-state index in [0.29, 0.717) is 5.69 Å². The van der Waals surface area contributed by atoms with Gasteiger partial charge in [0.1, 0.15) is 6.61 Å². The van der Waals surface area contributed by atoms with E-state index in [-0.39, 0.29) is 29.1 Å². The first-order valence-corrected chi connectivity index (χ1v) is 8.39. The minimum absolute atomic E-state index is 0.0525. The highest BCUT2D eigenvalue weighted by Gasteiger charge is 2.30. The third-order valence-electron chi connectivity index (χ3n) is 3.92. The fourth-order valence-corrected chi connectivity index (χ4v) is 2.64. The van der Waals surface area contributed by atoms with Crippen LogP contribution in [0.2, 0.25) is 0 Å². The first-order valence-electron chi connectivity index (χ1n) is 8.39. The Labute approximate surface area is 160 Å². The lowest BCUT2D eigenvalue weighted by molar-refractivity contribution is -0.384. The van der Waals surface area contributed by atoms with E-state index in [2.05, 4.69) is 16.0 Å². The highest BCUT2D eigenvalue weighted by Crippen LogP contribution is 2.23. The van der Waals surface area contributed by atoms with Gasteiger partial charge in [-0.15, -0.1) is 0 Å². The fraction of sp³-hybridized carbons (Fsp3) is 0.353. The molecule has 1 aromatic rings. The third-order valence-corrected chi connectivity index (χ3v) is 3.92. The van der Waals surface area contributed by atoms with Gasteiger partial charge in [0.2, 0.25) is 0 Å². The number of non-ortho nitro benzene ring substituents is 1. The average molecular weight is 392 g/mol. The molecule has 1 unspecified atom stereocenters. The molecule has 150 valence electrons. The van der Waals surface area contributed by atoms with Crippen molar-refractivity contribution in [3.8, 4) is 0 Å². The zero-order valence-corrected chi connectivity index (χ0v) is 15.5. The van der Waals surface area contributed by atoms with Crippen LogP contribution in [0, 0.1) is 10.1 Å². The first-order chi connectivity index (χ1) is 13.3. The topological polar surface area (TPSA) is 149 Å². The molecule has 11 heteroatoms. The summed E-state index contributed by atoms with van der Waals surface area (Å²) >= 11 is 0. The molecule has 2 rings (SSSR count). The molecule has 1 aliphatic rings. The lowest BCUT2D eigenvalue weighted by atomic mass is 10.0. The zero-order valence-electron chi connectivity index (χ0n) is 15.5. The number of rotatable bonds is 7. The van der Waals surface area contributed by atoms with E-state index in [4.69, 9.17) is 9.47 Å². The van der Waals surface area contributed by atoms with E-state index in [1.165, 1.54) is 12.1 Å². The largest absolute Gasteiger partial charge is 0.463 e. The van der Waals surface area contributed by atoms with Crippen molar-refractivity contribution >= 4 is 29.3 Å². The Morgan fingerprint density at radius 3 is 2.61 bits per heavy atom. The predicted molar refractivity (Wildman–Crippen MR) is 97.7 cm³/mol. The van der Waals surface area contributed by atoms with Crippen LogP contribution in [0.15, 0.2) is 29.5 Å². The fourth-order valence-electron chi connectivity index (χ4n) is 2.64. The number of anilines is 1. The van der Waals surface area contributed by atoms with Gasteiger partial charge in [-0.05, 0) is 19.9 Å². The summed E-state index contributed by atoms with van der Waals surface area (Å²) in [4.78, 5) is 46.6. The first kappa shape index (κ1) is 20.7. The van der Waals surface area contributed by atoms with E-state index >= 15 is 0 Å². The number of carbonyl (C=O) groups is 3. The van der Waals surface area contributed by atoms with Crippen LogP contribution in [0.5, 0.6) is 0 Å². The highest BCUT2D eigenvalue weighted by atomic mass is 16.6. The standard InChI is InChI=1S/C17H20N4O7/c1-4-27-16(23)14-9(2)19-17(24)20-13(14)8-28-15(22)11-7-10(21(25)26)5-6-12(11)18-3/h5-7,9,18H,4,8H2,1-3H3,(H2,19,20,24). The van der Waals surface area contributed by atoms with Gasteiger partial charge >= 0.3 is 18.0 Å². The van der Waals surface area contributed by atoms with Gasteiger partial charge in [-0.2, -0.15) is 0 Å². The Morgan fingerprint density at radius 2 is 2.00 bits per heavy atom. The molecular formula is C17H20N4O7. The van der Waals surface area contributed by atoms with Crippen LogP contribution in [0.25, 0.3) is 0 Å². The summed E-state index contributed by atoms with van der Waals surface area (Å²) in [7, 11) is 1.55. The molecule has 0 saturated heterocycles. The second-order valence-corrected chi connectivity index (χ2v) is 5.75. The maximum atomic E-state index is 12.5. The number of hydrogen-bond acceptors (Lipinski definition) is 8. The van der Waals surface area contributed by atoms with Crippen LogP contribution in [-0.4, -0.2) is 49.2 Å². The minimum atomic E-state index is -0.857. The summed E-state index contributed by atoms with van der Waals surface area (Å²) in [5, 5.41) is 18.7. The van der Waals surface area contributed by atoms with Crippen molar-refractivity contribution in [2.24, 2.45) is 0 Å². The second kappa shape index (κ2) is 8.84. The number of hydrogen-bond donors (Lipinski definition) is 3. The van der Waals surface area contributed by atoms with E-state index in [1.807, 2.05) is 0 Å². The molecule has 3 N–H and O–H groups in total. The van der Waals surface area contributed by atoms with Crippen LogP contribution in [0.3, 0.4) is 0 Å². The number of amides is 2. The molecule has 11 nitrogen and oxygen atoms in total. The highest BCUT2D eigenvalue weighted by molar-refractivity contribution is 5.97. The number of nitrogens with zero attached hydrogens (tertiary/aromatic N) is 1. The van der Waals surface area contributed by atoms with E-state index in [1.54, 1.807) is 20.9 Å². The maximum absolute atomic E-state index is 12.5. The van der Waals surface area contributed by atoms with Crippen molar-refractivity contribution in [3.63, 3.8) is 0 Å². The van der Waals surface area contributed by atoms with Gasteiger partial charge in [0.25, 0.3) is 5.69 Å². The molecule has 2 amide bonds. The molecule has 0 radical (unpaired) electrons. The minimum Gasteiger partial charge on any atom is -0.463 e. The van der Waals surface area contributed by atoms with Crippen LogP contribution >= 0.6 is 0 Å². The van der Waals surface area contributed by atoms with Gasteiger partial charge in [-0.25, -0.2) is 14.4 Å². The second-order valence-electron chi connectivity index (χ2n) is 5.75. The molecule has 0 saturated carbocycles. The summed E-state index contributed by atoms with van der Waals surface area (Å²) < 4.78 is 10.2. The van der Waals surface area contributed by atoms with Crippen LogP contribution < -0.4 is 16.0 Å². The van der Waals surface area contributed by atoms with Crippen molar-refractivity contribution in [1.82, 2.24) is 10.6 Å². The molecule has 1 aromatic carbocycles. The molecular weight excluding hydrogens is 372 g/mol. The number of urea groups is 1. The van der Waals surface area contributed by atoms with Gasteiger partial charge in [0, 0.05) is 24.9 Å². The Kier molecular flexibility index (Phi) is 6.53. The molecule has 1 atom stereocenters. The number of esters is 2. The number of benzene rings is 1. The molecule has 0 aromatic heterocycles. The number of nitrogens with one attached hydrogen (secondary N) is 3. The van der Waals surface area contributed by atoms with Gasteiger partial charge in [0.15, 0.2) is 0 Å². The zero-order chi connectivity index (χ0) is 20.8. The van der Waals surface area contributed by atoms with Crippen molar-refractivity contribution < 1.29 is 28.8 Å². The Balaban J connectivity index is 2.27. The molecule has 1 aliphatic heterocycles. The van der Waals surface area contributed by atoms with Gasteiger partial charge in [-0.1, -0.05) is 0 Å². The third kappa shape index (κ3) is 4.55. The number of nitro benzene ring substituents is 1. The Bertz CT molecular complexity index is 850. The summed E-state index contributed by atoms with van der Waals surface area (Å²) in [6.07, 6.45) is 0. The van der Waals surface area contributed by atoms with Crippen molar-refractivity contribution in [1.29, 1.82) is 0 Å². The lowest BCUT2D eigenvalue weighted by Gasteiger charge is -2.26. The summed E-state index contributed by atoms with van der Waals surface area (Å²) in [6.45, 7) is 2.94. The molecule has 0 spiro atoms. The SMILES string of the molecule is CCOC(=O)C1=C(COC(=O)c2cc([N+](=O)[O-])ccc2NC)NC(=O)NC1C. The molecule has 28 heavy (non-hydrogen) atoms. The quantitative estimate of drug-likeness (QED) is 0.357. The molecule has 0 fully saturated rings. The van der Waals surface area contributed by atoms with Crippen molar-refractivity contribution in [2.45, 2.75) is 19.9 Å². The summed E-state index contributed by atoms with van der Waals surface area (Å²) in [5.74, 6) is -1.51. The number of ether oxygens (including phenoxy) is 2. The predicted octanol–water partition coefficient (Wildman–Crippen LogP) is 1.31. The van der Waals surface area contributed by atoms with Gasteiger partial charge < -0.3 is 25.4 Å². The lowest BCUT2D eigenvalue weighted by Crippen LogP contribution is -2.50. The number of nitro groups is 1. The normalized spacial score (nSPS) is 16.0. The van der Waals surface area contributed by atoms with Crippen molar-refractivity contribution in [2.75, 3.05) is 25.6 Å². The van der Waals surface area contributed by atoms with Gasteiger partial charge in [-0.3, -0.25) is 10.1 Å². The molecule has 1 heterocycles. The monoisotopic (exact) mass is 392 g/mol. The maximum Gasteiger partial charge on any atom is 0.340 e. The van der Waals surface area contributed by atoms with E-state index < -0.39 is 35.5 Å². The van der Waals surface area contributed by atoms with E-state index in [0.717, 1.165) is 6.07 Å². The van der Waals surface area contributed by atoms with Crippen LogP contribution in [0.4, 0.5) is 16.2 Å². The van der Waals surface area contributed by atoms with E-state index in [9.17, 15) is 24.5 Å².